The van der Waals surface area contributed by atoms with Crippen LogP contribution in [-0.2, 0) is 6.54 Å². The van der Waals surface area contributed by atoms with E-state index in [1.807, 2.05) is 0 Å². The van der Waals surface area contributed by atoms with Crippen LogP contribution in [0.4, 0.5) is 4.39 Å². The van der Waals surface area contributed by atoms with Crippen LogP contribution >= 0.6 is 11.3 Å². The fourth-order valence-corrected chi connectivity index (χ4v) is 2.98. The van der Waals surface area contributed by atoms with Gasteiger partial charge in [-0.15, -0.1) is 11.3 Å². The summed E-state index contributed by atoms with van der Waals surface area (Å²) in [5.74, 6) is 0.198. The summed E-state index contributed by atoms with van der Waals surface area (Å²) in [6.07, 6.45) is 1.40. The third-order valence-corrected chi connectivity index (χ3v) is 3.98. The van der Waals surface area contributed by atoms with Gasteiger partial charge in [0, 0.05) is 11.7 Å². The summed E-state index contributed by atoms with van der Waals surface area (Å²) in [6.45, 7) is 0.349. The van der Waals surface area contributed by atoms with Gasteiger partial charge in [-0.05, 0) is 23.6 Å². The SMILES string of the molecule is CN(Cc1ncn[nH]1)C(=O)c1cc2ccc(F)cc2s1. The number of H-pyrrole nitrogens is 1. The molecule has 0 atom stereocenters. The lowest BCUT2D eigenvalue weighted by Gasteiger charge is -2.13. The van der Waals surface area contributed by atoms with Gasteiger partial charge in [-0.1, -0.05) is 6.07 Å². The van der Waals surface area contributed by atoms with Gasteiger partial charge in [-0.2, -0.15) is 5.10 Å². The highest BCUT2D eigenvalue weighted by Gasteiger charge is 2.16. The number of benzene rings is 1. The van der Waals surface area contributed by atoms with E-state index in [0.717, 1.165) is 10.1 Å². The molecule has 1 aromatic carbocycles. The second kappa shape index (κ2) is 5.01. The largest absolute Gasteiger partial charge is 0.333 e. The number of halogens is 1. The highest BCUT2D eigenvalue weighted by atomic mass is 32.1. The minimum Gasteiger partial charge on any atom is -0.333 e. The van der Waals surface area contributed by atoms with E-state index in [2.05, 4.69) is 15.2 Å². The maximum atomic E-state index is 13.1. The van der Waals surface area contributed by atoms with E-state index in [9.17, 15) is 9.18 Å². The molecule has 5 nitrogen and oxygen atoms in total. The van der Waals surface area contributed by atoms with Crippen LogP contribution in [-0.4, -0.2) is 33.0 Å². The normalized spacial score (nSPS) is 10.9. The zero-order valence-electron chi connectivity index (χ0n) is 10.6. The minimum atomic E-state index is -0.298. The molecule has 3 aromatic rings. The van der Waals surface area contributed by atoms with Crippen molar-refractivity contribution >= 4 is 27.3 Å². The van der Waals surface area contributed by atoms with Crippen molar-refractivity contribution < 1.29 is 9.18 Å². The fraction of sp³-hybridized carbons (Fsp3) is 0.154. The van der Waals surface area contributed by atoms with Crippen molar-refractivity contribution in [2.75, 3.05) is 7.05 Å². The quantitative estimate of drug-likeness (QED) is 0.806. The lowest BCUT2D eigenvalue weighted by molar-refractivity contribution is 0.0786. The standard InChI is InChI=1S/C13H11FN4OS/c1-18(6-12-15-7-16-17-12)13(19)11-4-8-2-3-9(14)5-10(8)20-11/h2-5,7H,6H2,1H3,(H,15,16,17). The van der Waals surface area contributed by atoms with E-state index in [-0.39, 0.29) is 11.7 Å². The molecule has 0 bridgehead atoms. The van der Waals surface area contributed by atoms with Crippen molar-refractivity contribution in [3.63, 3.8) is 0 Å². The van der Waals surface area contributed by atoms with Gasteiger partial charge in [-0.25, -0.2) is 9.37 Å². The Morgan fingerprint density at radius 3 is 3.05 bits per heavy atom. The summed E-state index contributed by atoms with van der Waals surface area (Å²) in [6, 6.07) is 6.28. The van der Waals surface area contributed by atoms with E-state index in [0.29, 0.717) is 17.2 Å². The second-order valence-electron chi connectivity index (χ2n) is 4.39. The number of carbonyl (C=O) groups is 1. The summed E-state index contributed by atoms with van der Waals surface area (Å²) in [7, 11) is 1.69. The molecule has 0 saturated heterocycles. The van der Waals surface area contributed by atoms with Crippen molar-refractivity contribution in [3.8, 4) is 0 Å². The van der Waals surface area contributed by atoms with Crippen molar-refractivity contribution in [1.29, 1.82) is 0 Å². The molecule has 0 saturated carbocycles. The minimum absolute atomic E-state index is 0.122. The molecule has 2 aromatic heterocycles. The highest BCUT2D eigenvalue weighted by Crippen LogP contribution is 2.27. The average molecular weight is 290 g/mol. The Morgan fingerprint density at radius 2 is 2.30 bits per heavy atom. The van der Waals surface area contributed by atoms with Gasteiger partial charge in [0.15, 0.2) is 0 Å². The van der Waals surface area contributed by atoms with Crippen LogP contribution in [0, 0.1) is 5.82 Å². The maximum absolute atomic E-state index is 13.1. The Kier molecular flexibility index (Phi) is 3.19. The number of aromatic amines is 1. The van der Waals surface area contributed by atoms with Gasteiger partial charge in [0.05, 0.1) is 11.4 Å². The Labute approximate surface area is 118 Å². The van der Waals surface area contributed by atoms with E-state index < -0.39 is 0 Å². The Balaban J connectivity index is 1.84. The van der Waals surface area contributed by atoms with E-state index in [1.165, 1.54) is 29.8 Å². The maximum Gasteiger partial charge on any atom is 0.264 e. The third kappa shape index (κ3) is 2.39. The molecular formula is C13H11FN4OS. The second-order valence-corrected chi connectivity index (χ2v) is 5.47. The first kappa shape index (κ1) is 12.7. The van der Waals surface area contributed by atoms with Crippen molar-refractivity contribution in [2.24, 2.45) is 0 Å². The molecule has 0 aliphatic carbocycles. The summed E-state index contributed by atoms with van der Waals surface area (Å²) in [5.41, 5.74) is 0. The van der Waals surface area contributed by atoms with Gasteiger partial charge in [-0.3, -0.25) is 9.89 Å². The van der Waals surface area contributed by atoms with Gasteiger partial charge >= 0.3 is 0 Å². The summed E-state index contributed by atoms with van der Waals surface area (Å²) in [4.78, 5) is 18.4. The molecule has 102 valence electrons. The van der Waals surface area contributed by atoms with Crippen molar-refractivity contribution in [1.82, 2.24) is 20.1 Å². The van der Waals surface area contributed by atoms with Crippen LogP contribution in [0.3, 0.4) is 0 Å². The predicted octanol–water partition coefficient (Wildman–Crippen LogP) is 2.43. The summed E-state index contributed by atoms with van der Waals surface area (Å²) in [5, 5.41) is 7.31. The lowest BCUT2D eigenvalue weighted by atomic mass is 10.2. The smallest absolute Gasteiger partial charge is 0.264 e. The van der Waals surface area contributed by atoms with Crippen LogP contribution in [0.5, 0.6) is 0 Å². The lowest BCUT2D eigenvalue weighted by Crippen LogP contribution is -2.25. The topological polar surface area (TPSA) is 61.9 Å². The number of nitrogens with one attached hydrogen (secondary N) is 1. The third-order valence-electron chi connectivity index (χ3n) is 2.89. The number of nitrogens with zero attached hydrogens (tertiary/aromatic N) is 3. The first-order chi connectivity index (χ1) is 9.63. The molecule has 2 heterocycles. The Hall–Kier alpha value is -2.28. The zero-order chi connectivity index (χ0) is 14.1. The summed E-state index contributed by atoms with van der Waals surface area (Å²) < 4.78 is 13.9. The van der Waals surface area contributed by atoms with Gasteiger partial charge in [0.1, 0.15) is 18.0 Å². The number of rotatable bonds is 3. The molecule has 0 spiro atoms. The summed E-state index contributed by atoms with van der Waals surface area (Å²) >= 11 is 1.28. The number of thiophene rings is 1. The molecule has 1 N–H and O–H groups in total. The van der Waals surface area contributed by atoms with Gasteiger partial charge < -0.3 is 4.90 Å². The predicted molar refractivity (Wildman–Crippen MR) is 74.0 cm³/mol. The van der Waals surface area contributed by atoms with Crippen LogP contribution < -0.4 is 0 Å². The van der Waals surface area contributed by atoms with E-state index in [1.54, 1.807) is 24.1 Å². The van der Waals surface area contributed by atoms with Crippen LogP contribution in [0.2, 0.25) is 0 Å². The number of fused-ring (bicyclic) bond motifs is 1. The number of aromatic nitrogens is 3. The van der Waals surface area contributed by atoms with Crippen LogP contribution in [0.1, 0.15) is 15.5 Å². The molecule has 0 fully saturated rings. The molecule has 0 radical (unpaired) electrons. The van der Waals surface area contributed by atoms with Gasteiger partial charge in [0.25, 0.3) is 5.91 Å². The number of amides is 1. The average Bonchev–Trinajstić information content (AvgIpc) is 3.06. The van der Waals surface area contributed by atoms with Crippen molar-refractivity contribution in [3.05, 3.63) is 47.1 Å². The molecule has 1 amide bonds. The monoisotopic (exact) mass is 290 g/mol. The molecule has 3 rings (SSSR count). The number of hydrogen-bond donors (Lipinski definition) is 1. The zero-order valence-corrected chi connectivity index (χ0v) is 11.4. The molecule has 0 aliphatic rings. The molecule has 7 heteroatoms. The Morgan fingerprint density at radius 1 is 1.45 bits per heavy atom. The number of hydrogen-bond acceptors (Lipinski definition) is 4. The molecule has 20 heavy (non-hydrogen) atoms. The van der Waals surface area contributed by atoms with E-state index >= 15 is 0 Å². The molecular weight excluding hydrogens is 279 g/mol. The fourth-order valence-electron chi connectivity index (χ4n) is 1.90. The Bertz CT molecular complexity index is 753. The first-order valence-electron chi connectivity index (χ1n) is 5.92. The van der Waals surface area contributed by atoms with E-state index in [4.69, 9.17) is 0 Å². The number of carbonyl (C=O) groups excluding carboxylic acids is 1. The molecule has 0 unspecified atom stereocenters. The molecule has 0 aliphatic heterocycles. The first-order valence-corrected chi connectivity index (χ1v) is 6.74. The van der Waals surface area contributed by atoms with Crippen LogP contribution in [0.25, 0.3) is 10.1 Å². The highest BCUT2D eigenvalue weighted by molar-refractivity contribution is 7.20. The van der Waals surface area contributed by atoms with Gasteiger partial charge in [0.2, 0.25) is 0 Å². The van der Waals surface area contributed by atoms with Crippen molar-refractivity contribution in [2.45, 2.75) is 6.54 Å². The van der Waals surface area contributed by atoms with Crippen LogP contribution in [0.15, 0.2) is 30.6 Å².